The molecule has 0 aliphatic rings. The lowest BCUT2D eigenvalue weighted by atomic mass is 10.1. The van der Waals surface area contributed by atoms with Gasteiger partial charge in [0.05, 0.1) is 25.2 Å². The van der Waals surface area contributed by atoms with Gasteiger partial charge in [-0.05, 0) is 6.07 Å². The first-order valence-corrected chi connectivity index (χ1v) is 3.98. The van der Waals surface area contributed by atoms with Crippen molar-refractivity contribution < 1.29 is 17.9 Å². The van der Waals surface area contributed by atoms with Crippen molar-refractivity contribution in [2.75, 3.05) is 7.11 Å². The van der Waals surface area contributed by atoms with Crippen LogP contribution in [-0.4, -0.2) is 12.1 Å². The maximum absolute atomic E-state index is 13.1. The molecule has 0 unspecified atom stereocenters. The summed E-state index contributed by atoms with van der Waals surface area (Å²) in [7, 11) is 1.12. The quantitative estimate of drug-likeness (QED) is 0.728. The molecule has 1 heterocycles. The molecule has 1 aromatic heterocycles. The largest absolute Gasteiger partial charge is 0.481 e. The van der Waals surface area contributed by atoms with Gasteiger partial charge in [-0.25, -0.2) is 8.78 Å². The molecule has 0 aromatic carbocycles. The number of ether oxygens (including phenoxy) is 1. The number of rotatable bonds is 3. The lowest BCUT2D eigenvalue weighted by Gasteiger charge is -2.08. The molecule has 80 valence electrons. The minimum Gasteiger partial charge on any atom is -0.481 e. The molecule has 6 heteroatoms. The Morgan fingerprint density at radius 1 is 1.60 bits per heavy atom. The molecule has 0 bridgehead atoms. The predicted octanol–water partition coefficient (Wildman–Crippen LogP) is 2.23. The average molecular weight is 216 g/mol. The Labute approximate surface area is 84.1 Å². The second-order valence-corrected chi connectivity index (χ2v) is 2.67. The average Bonchev–Trinajstić information content (AvgIpc) is 2.20. The van der Waals surface area contributed by atoms with E-state index in [1.54, 1.807) is 6.07 Å². The van der Waals surface area contributed by atoms with Gasteiger partial charge in [0.1, 0.15) is 0 Å². The molecule has 1 aromatic rings. The van der Waals surface area contributed by atoms with Crippen LogP contribution in [0.4, 0.5) is 13.2 Å². The number of nitrogens with zero attached hydrogens (tertiary/aromatic N) is 2. The maximum atomic E-state index is 13.1. The summed E-state index contributed by atoms with van der Waals surface area (Å²) in [6.45, 7) is 0. The van der Waals surface area contributed by atoms with Crippen LogP contribution in [0, 0.1) is 17.3 Å². The smallest absolute Gasteiger partial charge is 0.269 e. The van der Waals surface area contributed by atoms with Crippen molar-refractivity contribution in [3.8, 4) is 11.9 Å². The predicted molar refractivity (Wildman–Crippen MR) is 45.0 cm³/mol. The van der Waals surface area contributed by atoms with Crippen LogP contribution in [-0.2, 0) is 6.42 Å². The van der Waals surface area contributed by atoms with E-state index in [2.05, 4.69) is 9.72 Å². The van der Waals surface area contributed by atoms with Crippen molar-refractivity contribution in [2.45, 2.75) is 12.8 Å². The molecule has 0 spiro atoms. The van der Waals surface area contributed by atoms with E-state index in [0.717, 1.165) is 13.2 Å². The van der Waals surface area contributed by atoms with Gasteiger partial charge in [0.15, 0.2) is 0 Å². The van der Waals surface area contributed by atoms with Crippen molar-refractivity contribution in [3.63, 3.8) is 0 Å². The molecule has 0 aliphatic heterocycles. The number of methoxy groups -OCH3 is 1. The van der Waals surface area contributed by atoms with E-state index in [4.69, 9.17) is 5.26 Å². The zero-order chi connectivity index (χ0) is 11.4. The van der Waals surface area contributed by atoms with Crippen LogP contribution in [0.3, 0.4) is 0 Å². The highest BCUT2D eigenvalue weighted by molar-refractivity contribution is 5.32. The first kappa shape index (κ1) is 11.3. The van der Waals surface area contributed by atoms with Crippen LogP contribution in [0.2, 0.25) is 0 Å². The number of aromatic nitrogens is 1. The van der Waals surface area contributed by atoms with Crippen molar-refractivity contribution >= 4 is 0 Å². The monoisotopic (exact) mass is 216 g/mol. The molecule has 0 aliphatic carbocycles. The van der Waals surface area contributed by atoms with Crippen LogP contribution in [0.5, 0.6) is 5.88 Å². The van der Waals surface area contributed by atoms with Gasteiger partial charge in [0.2, 0.25) is 11.8 Å². The Morgan fingerprint density at radius 2 is 2.27 bits per heavy atom. The Balaban J connectivity index is 3.25. The van der Waals surface area contributed by atoms with Crippen LogP contribution in [0.1, 0.15) is 17.6 Å². The Bertz CT molecular complexity index is 401. The lowest BCUT2D eigenvalue weighted by Crippen LogP contribution is -2.02. The summed E-state index contributed by atoms with van der Waals surface area (Å²) in [5.74, 6) is -1.41. The molecule has 3 nitrogen and oxygen atoms in total. The molecule has 15 heavy (non-hydrogen) atoms. The summed E-state index contributed by atoms with van der Waals surface area (Å²) < 4.78 is 42.5. The molecular formula is C9H7F3N2O. The van der Waals surface area contributed by atoms with Crippen molar-refractivity contribution in [1.82, 2.24) is 4.98 Å². The minimum atomic E-state index is -2.81. The third kappa shape index (κ3) is 2.37. The molecule has 1 rings (SSSR count). The van der Waals surface area contributed by atoms with Gasteiger partial charge < -0.3 is 4.74 Å². The van der Waals surface area contributed by atoms with Gasteiger partial charge in [-0.2, -0.15) is 14.6 Å². The van der Waals surface area contributed by atoms with E-state index in [1.807, 2.05) is 0 Å². The van der Waals surface area contributed by atoms with Crippen LogP contribution in [0.15, 0.2) is 6.07 Å². The summed E-state index contributed by atoms with van der Waals surface area (Å²) in [5, 5.41) is 8.34. The molecule has 0 saturated carbocycles. The van der Waals surface area contributed by atoms with Crippen molar-refractivity contribution in [2.24, 2.45) is 0 Å². The van der Waals surface area contributed by atoms with E-state index in [1.165, 1.54) is 0 Å². The summed E-state index contributed by atoms with van der Waals surface area (Å²) in [6.07, 6.45) is -3.12. The highest BCUT2D eigenvalue weighted by Gasteiger charge is 2.19. The summed E-state index contributed by atoms with van der Waals surface area (Å²) in [6, 6.07) is 2.56. The molecule has 0 saturated heterocycles. The number of alkyl halides is 2. The molecule has 0 N–H and O–H groups in total. The fourth-order valence-electron chi connectivity index (χ4n) is 1.06. The van der Waals surface area contributed by atoms with Crippen LogP contribution in [0.25, 0.3) is 0 Å². The van der Waals surface area contributed by atoms with Gasteiger partial charge in [0, 0.05) is 5.56 Å². The Kier molecular flexibility index (Phi) is 3.50. The lowest BCUT2D eigenvalue weighted by molar-refractivity contribution is 0.145. The number of pyridine rings is 1. The molecule has 0 fully saturated rings. The topological polar surface area (TPSA) is 45.9 Å². The zero-order valence-corrected chi connectivity index (χ0v) is 7.80. The Hall–Kier alpha value is -1.77. The van der Waals surface area contributed by atoms with Crippen molar-refractivity contribution in [1.29, 1.82) is 5.26 Å². The van der Waals surface area contributed by atoms with E-state index < -0.39 is 23.8 Å². The molecule has 0 amide bonds. The van der Waals surface area contributed by atoms with Crippen LogP contribution >= 0.6 is 0 Å². The van der Waals surface area contributed by atoms with Crippen molar-refractivity contribution in [3.05, 3.63) is 23.1 Å². The fourth-order valence-corrected chi connectivity index (χ4v) is 1.06. The summed E-state index contributed by atoms with van der Waals surface area (Å²) in [5.41, 5.74) is -0.669. The van der Waals surface area contributed by atoms with E-state index >= 15 is 0 Å². The number of halogens is 3. The normalized spacial score (nSPS) is 10.1. The van der Waals surface area contributed by atoms with Gasteiger partial charge >= 0.3 is 0 Å². The third-order valence-corrected chi connectivity index (χ3v) is 1.74. The van der Waals surface area contributed by atoms with Gasteiger partial charge in [-0.15, -0.1) is 0 Å². The van der Waals surface area contributed by atoms with Gasteiger partial charge in [-0.1, -0.05) is 0 Å². The zero-order valence-electron chi connectivity index (χ0n) is 7.80. The third-order valence-electron chi connectivity index (χ3n) is 1.74. The van der Waals surface area contributed by atoms with E-state index in [-0.39, 0.29) is 12.0 Å². The first-order chi connectivity index (χ1) is 7.10. The molecule has 0 radical (unpaired) electrons. The second kappa shape index (κ2) is 4.64. The number of hydrogen-bond donors (Lipinski definition) is 0. The SMILES string of the molecule is COc1nc(F)c(CC#N)cc1C(F)F. The van der Waals surface area contributed by atoms with E-state index in [0.29, 0.717) is 0 Å². The minimum absolute atomic E-state index is 0.159. The Morgan fingerprint density at radius 3 is 2.73 bits per heavy atom. The summed E-state index contributed by atoms with van der Waals surface area (Å²) in [4.78, 5) is 3.21. The molecular weight excluding hydrogens is 209 g/mol. The highest BCUT2D eigenvalue weighted by atomic mass is 19.3. The van der Waals surface area contributed by atoms with Gasteiger partial charge in [0.25, 0.3) is 6.43 Å². The fraction of sp³-hybridized carbons (Fsp3) is 0.333. The standard InChI is InChI=1S/C9H7F3N2O/c1-15-9-6(7(10)11)4-5(2-3-13)8(12)14-9/h4,7H,2H2,1H3. The first-order valence-electron chi connectivity index (χ1n) is 3.98. The number of hydrogen-bond acceptors (Lipinski definition) is 3. The molecule has 0 atom stereocenters. The summed E-state index contributed by atoms with van der Waals surface area (Å²) >= 11 is 0. The van der Waals surface area contributed by atoms with Crippen LogP contribution < -0.4 is 4.74 Å². The maximum Gasteiger partial charge on any atom is 0.269 e. The van der Waals surface area contributed by atoms with Gasteiger partial charge in [-0.3, -0.25) is 0 Å². The second-order valence-electron chi connectivity index (χ2n) is 2.67. The highest BCUT2D eigenvalue weighted by Crippen LogP contribution is 2.28. The number of nitriles is 1. The van der Waals surface area contributed by atoms with E-state index in [9.17, 15) is 13.2 Å².